The fourth-order valence-electron chi connectivity index (χ4n) is 6.67. The third-order valence-electron chi connectivity index (χ3n) is 9.69. The Bertz CT molecular complexity index is 1150. The average molecular weight is 691 g/mol. The summed E-state index contributed by atoms with van der Waals surface area (Å²) in [6, 6.07) is -3.89. The van der Waals surface area contributed by atoms with Crippen molar-refractivity contribution in [2.75, 3.05) is 26.2 Å². The molecule has 278 valence electrons. The molecule has 4 unspecified atom stereocenters. The van der Waals surface area contributed by atoms with Crippen molar-refractivity contribution in [3.63, 3.8) is 0 Å². The van der Waals surface area contributed by atoms with Gasteiger partial charge in [0.2, 0.25) is 17.6 Å². The van der Waals surface area contributed by atoms with Gasteiger partial charge in [-0.3, -0.25) is 19.2 Å². The molecule has 49 heavy (non-hydrogen) atoms. The number of hydrogen-bond donors (Lipinski definition) is 5. The van der Waals surface area contributed by atoms with Crippen molar-refractivity contribution < 1.29 is 33.5 Å². The van der Waals surface area contributed by atoms with Crippen LogP contribution in [0.15, 0.2) is 12.7 Å². The Kier molecular flexibility index (Phi) is 17.1. The lowest BCUT2D eigenvalue weighted by Gasteiger charge is -2.37. The lowest BCUT2D eigenvalue weighted by molar-refractivity contribution is -0.144. The summed E-state index contributed by atoms with van der Waals surface area (Å²) in [6.07, 6.45) is 7.57. The number of ether oxygens (including phenoxy) is 1. The average Bonchev–Trinajstić information content (AvgIpc) is 3.51. The van der Waals surface area contributed by atoms with Gasteiger partial charge in [-0.15, -0.1) is 6.58 Å². The number of alkyl carbamates (subject to hydrolysis) is 1. The molecule has 2 rings (SSSR count). The van der Waals surface area contributed by atoms with Gasteiger partial charge in [-0.1, -0.05) is 79.7 Å². The minimum absolute atomic E-state index is 0.0519. The minimum Gasteiger partial charge on any atom is -0.447 e. The quantitative estimate of drug-likeness (QED) is 0.114. The summed E-state index contributed by atoms with van der Waals surface area (Å²) in [5.74, 6) is -2.59. The van der Waals surface area contributed by atoms with Crippen LogP contribution in [0, 0.1) is 23.2 Å². The Morgan fingerprint density at radius 3 is 2.18 bits per heavy atom. The lowest BCUT2D eigenvalue weighted by Crippen LogP contribution is -2.61. The van der Waals surface area contributed by atoms with Crippen LogP contribution < -0.4 is 26.6 Å². The monoisotopic (exact) mass is 690 g/mol. The summed E-state index contributed by atoms with van der Waals surface area (Å²) in [6.45, 7) is 17.9. The zero-order valence-corrected chi connectivity index (χ0v) is 30.8. The summed E-state index contributed by atoms with van der Waals surface area (Å²) in [7, 11) is 0. The number of amides is 6. The first-order valence-electron chi connectivity index (χ1n) is 18.2. The number of hydrogen-bond acceptors (Lipinski definition) is 7. The van der Waals surface area contributed by atoms with E-state index in [4.69, 9.17) is 4.74 Å². The van der Waals surface area contributed by atoms with Gasteiger partial charge in [0.05, 0.1) is 12.1 Å². The Balaban J connectivity index is 2.35. The minimum atomic E-state index is -1.03. The van der Waals surface area contributed by atoms with Gasteiger partial charge in [0.25, 0.3) is 5.91 Å². The topological polar surface area (TPSA) is 175 Å². The highest BCUT2D eigenvalue weighted by Crippen LogP contribution is 2.34. The molecule has 6 amide bonds. The first-order valence-corrected chi connectivity index (χ1v) is 18.2. The molecule has 13 nitrogen and oxygen atoms in total. The van der Waals surface area contributed by atoms with E-state index < -0.39 is 59.3 Å². The van der Waals surface area contributed by atoms with Crippen molar-refractivity contribution in [3.05, 3.63) is 12.7 Å². The summed E-state index contributed by atoms with van der Waals surface area (Å²) in [5, 5.41) is 13.8. The van der Waals surface area contributed by atoms with Gasteiger partial charge < -0.3 is 36.2 Å². The van der Waals surface area contributed by atoms with Crippen molar-refractivity contribution in [2.24, 2.45) is 23.2 Å². The number of carbonyl (C=O) groups excluding carboxylic acids is 6. The molecular formula is C36H62N6O7. The number of urea groups is 1. The van der Waals surface area contributed by atoms with E-state index >= 15 is 0 Å². The molecule has 0 spiro atoms. The summed E-state index contributed by atoms with van der Waals surface area (Å²) in [5.41, 5.74) is -0.467. The van der Waals surface area contributed by atoms with Crippen LogP contribution in [0.3, 0.4) is 0 Å². The number of unbranched alkanes of at least 4 members (excludes halogenated alkanes) is 1. The molecule has 1 saturated carbocycles. The van der Waals surface area contributed by atoms with Gasteiger partial charge in [0.1, 0.15) is 18.7 Å². The molecule has 0 bridgehead atoms. The molecular weight excluding hydrogens is 628 g/mol. The fraction of sp³-hybridized carbons (Fsp3) is 0.778. The fourth-order valence-corrected chi connectivity index (χ4v) is 6.67. The molecule has 1 heterocycles. The zero-order chi connectivity index (χ0) is 36.7. The van der Waals surface area contributed by atoms with E-state index in [0.29, 0.717) is 32.4 Å². The number of Topliss-reactive ketones (excluding diaryl/α,β-unsaturated/α-hetero) is 1. The second-order valence-electron chi connectivity index (χ2n) is 14.8. The molecule has 1 aliphatic carbocycles. The highest BCUT2D eigenvalue weighted by atomic mass is 16.5. The molecule has 1 aliphatic heterocycles. The van der Waals surface area contributed by atoms with E-state index in [2.05, 4.69) is 33.2 Å². The Hall–Kier alpha value is -3.64. The van der Waals surface area contributed by atoms with E-state index in [9.17, 15) is 28.8 Å². The maximum absolute atomic E-state index is 14.5. The highest BCUT2D eigenvalue weighted by molar-refractivity contribution is 6.38. The molecule has 0 aromatic rings. The van der Waals surface area contributed by atoms with E-state index in [0.717, 1.165) is 38.5 Å². The number of nitrogens with zero attached hydrogens (tertiary/aromatic N) is 1. The van der Waals surface area contributed by atoms with Crippen molar-refractivity contribution in [1.82, 2.24) is 31.5 Å². The van der Waals surface area contributed by atoms with Gasteiger partial charge >= 0.3 is 12.1 Å². The SMILES string of the molecule is C=CCNC(=O)C(=O)C(CCCC)NC(=O)C1[C@@H](C(C)C)CCN1C(=O)C(NC(=O)NC(COC(=O)NCC)C(C)(C)C)C1CCCCC1. The van der Waals surface area contributed by atoms with E-state index in [-0.39, 0.29) is 36.8 Å². The Labute approximate surface area is 292 Å². The van der Waals surface area contributed by atoms with Crippen LogP contribution in [0.2, 0.25) is 0 Å². The first-order chi connectivity index (χ1) is 23.2. The van der Waals surface area contributed by atoms with Gasteiger partial charge in [-0.25, -0.2) is 9.59 Å². The number of ketones is 1. The first kappa shape index (κ1) is 41.5. The van der Waals surface area contributed by atoms with Crippen LogP contribution in [0.1, 0.15) is 106 Å². The van der Waals surface area contributed by atoms with Crippen LogP contribution in [-0.2, 0) is 23.9 Å². The van der Waals surface area contributed by atoms with Crippen LogP contribution in [0.5, 0.6) is 0 Å². The molecule has 5 N–H and O–H groups in total. The second-order valence-corrected chi connectivity index (χ2v) is 14.8. The van der Waals surface area contributed by atoms with Crippen molar-refractivity contribution >= 4 is 35.6 Å². The normalized spacial score (nSPS) is 20.0. The highest BCUT2D eigenvalue weighted by Gasteiger charge is 2.47. The Morgan fingerprint density at radius 1 is 0.939 bits per heavy atom. The molecule has 2 fully saturated rings. The molecule has 1 saturated heterocycles. The lowest BCUT2D eigenvalue weighted by atomic mass is 9.82. The van der Waals surface area contributed by atoms with Crippen molar-refractivity contribution in [1.29, 1.82) is 0 Å². The van der Waals surface area contributed by atoms with Crippen LogP contribution in [0.25, 0.3) is 0 Å². The third-order valence-corrected chi connectivity index (χ3v) is 9.69. The summed E-state index contributed by atoms with van der Waals surface area (Å²) >= 11 is 0. The largest absolute Gasteiger partial charge is 0.447 e. The van der Waals surface area contributed by atoms with Crippen LogP contribution in [0.4, 0.5) is 9.59 Å². The Morgan fingerprint density at radius 2 is 1.61 bits per heavy atom. The predicted octanol–water partition coefficient (Wildman–Crippen LogP) is 3.81. The molecule has 13 heteroatoms. The van der Waals surface area contributed by atoms with Crippen molar-refractivity contribution in [3.8, 4) is 0 Å². The van der Waals surface area contributed by atoms with Crippen LogP contribution in [-0.4, -0.2) is 90.9 Å². The number of likely N-dealkylation sites (tertiary alicyclic amines) is 1. The van der Waals surface area contributed by atoms with Gasteiger partial charge in [0.15, 0.2) is 0 Å². The van der Waals surface area contributed by atoms with E-state index in [1.165, 1.54) is 6.08 Å². The van der Waals surface area contributed by atoms with Gasteiger partial charge in [-0.05, 0) is 55.8 Å². The molecule has 0 aromatic heterocycles. The van der Waals surface area contributed by atoms with Gasteiger partial charge in [-0.2, -0.15) is 0 Å². The van der Waals surface area contributed by atoms with E-state index in [1.54, 1.807) is 11.8 Å². The molecule has 0 aromatic carbocycles. The number of carbonyl (C=O) groups is 6. The standard InChI is InChI=1S/C36H62N6O7/c1-9-12-18-26(30(43)32(45)38-20-10-2)39-31(44)29-25(23(4)5)19-21-42(29)33(46)28(24-16-14-13-15-17-24)41-34(47)40-27(36(6,7)8)22-49-35(48)37-11-3/h10,23-29H,2,9,11-22H2,1,3-8H3,(H,37,48)(H,38,45)(H,39,44)(H2,40,41,47)/t25-,26?,27?,28?,29?/m1/s1. The maximum Gasteiger partial charge on any atom is 0.407 e. The van der Waals surface area contributed by atoms with Gasteiger partial charge in [0, 0.05) is 19.6 Å². The second kappa shape index (κ2) is 20.1. The van der Waals surface area contributed by atoms with Crippen LogP contribution >= 0.6 is 0 Å². The smallest absolute Gasteiger partial charge is 0.407 e. The summed E-state index contributed by atoms with van der Waals surface area (Å²) in [4.78, 5) is 81.4. The van der Waals surface area contributed by atoms with E-state index in [1.807, 2.05) is 41.5 Å². The number of rotatable bonds is 17. The number of nitrogens with one attached hydrogen (secondary N) is 5. The molecule has 5 atom stereocenters. The third kappa shape index (κ3) is 12.6. The molecule has 2 aliphatic rings. The maximum atomic E-state index is 14.5. The molecule has 0 radical (unpaired) electrons. The summed E-state index contributed by atoms with van der Waals surface area (Å²) < 4.78 is 5.34. The zero-order valence-electron chi connectivity index (χ0n) is 30.8. The van der Waals surface area contributed by atoms with Crippen molar-refractivity contribution in [2.45, 2.75) is 130 Å². The predicted molar refractivity (Wildman–Crippen MR) is 188 cm³/mol.